The molecule has 0 spiro atoms. The minimum Gasteiger partial charge on any atom is -0.497 e. The van der Waals surface area contributed by atoms with Crippen molar-refractivity contribution in [1.82, 2.24) is 14.7 Å². The van der Waals surface area contributed by atoms with Crippen LogP contribution in [0.4, 0.5) is 15.8 Å². The van der Waals surface area contributed by atoms with Gasteiger partial charge < -0.3 is 19.9 Å². The lowest BCUT2D eigenvalue weighted by Crippen LogP contribution is -2.31. The Hall–Kier alpha value is -3.80. The number of aliphatic hydroxyl groups is 1. The summed E-state index contributed by atoms with van der Waals surface area (Å²) in [6.07, 6.45) is 3.13. The van der Waals surface area contributed by atoms with Crippen LogP contribution in [0.1, 0.15) is 38.3 Å². The van der Waals surface area contributed by atoms with Crippen molar-refractivity contribution in [2.24, 2.45) is 10.3 Å². The number of rotatable bonds is 12. The van der Waals surface area contributed by atoms with Crippen LogP contribution in [0.3, 0.4) is 0 Å². The second-order valence-corrected chi connectivity index (χ2v) is 12.2. The van der Waals surface area contributed by atoms with Gasteiger partial charge in [-0.05, 0) is 80.6 Å². The van der Waals surface area contributed by atoms with Crippen LogP contribution in [0.2, 0.25) is 0 Å². The molecule has 11 heteroatoms. The quantitative estimate of drug-likeness (QED) is 0.182. The van der Waals surface area contributed by atoms with Gasteiger partial charge in [-0.25, -0.2) is 13.3 Å². The summed E-state index contributed by atoms with van der Waals surface area (Å²) in [6, 6.07) is 17.1. The highest BCUT2D eigenvalue weighted by molar-refractivity contribution is 7.91. The van der Waals surface area contributed by atoms with Crippen LogP contribution in [-0.2, 0) is 9.92 Å². The summed E-state index contributed by atoms with van der Waals surface area (Å²) in [5, 5.41) is 13.7. The first-order chi connectivity index (χ1) is 19.7. The van der Waals surface area contributed by atoms with Crippen LogP contribution in [0.15, 0.2) is 76.1 Å². The fourth-order valence-corrected chi connectivity index (χ4v) is 6.14. The molecule has 2 aromatic carbocycles. The van der Waals surface area contributed by atoms with E-state index in [0.29, 0.717) is 39.7 Å². The van der Waals surface area contributed by atoms with E-state index in [1.54, 1.807) is 50.6 Å². The number of hydrogen-bond acceptors (Lipinski definition) is 8. The van der Waals surface area contributed by atoms with Gasteiger partial charge in [0.2, 0.25) is 11.8 Å². The molecule has 9 nitrogen and oxygen atoms in total. The van der Waals surface area contributed by atoms with Gasteiger partial charge >= 0.3 is 0 Å². The smallest absolute Gasteiger partial charge is 0.243 e. The van der Waals surface area contributed by atoms with Crippen molar-refractivity contribution in [2.75, 3.05) is 25.6 Å². The summed E-state index contributed by atoms with van der Waals surface area (Å²) in [6.45, 7) is 4.08. The van der Waals surface area contributed by atoms with Gasteiger partial charge in [0.1, 0.15) is 21.2 Å². The molecule has 3 N–H and O–H groups in total. The molecule has 0 saturated heterocycles. The Morgan fingerprint density at radius 2 is 1.85 bits per heavy atom. The fraction of sp³-hybridized carbons (Fsp3) is 0.333. The fourth-order valence-electron chi connectivity index (χ4n) is 4.24. The van der Waals surface area contributed by atoms with Crippen molar-refractivity contribution < 1.29 is 23.2 Å². The number of hydrogen-bond donors (Lipinski definition) is 3. The second-order valence-electron chi connectivity index (χ2n) is 10.2. The second kappa shape index (κ2) is 12.4. The number of anilines is 2. The average molecular weight is 580 g/mol. The van der Waals surface area contributed by atoms with E-state index in [1.807, 2.05) is 31.2 Å². The van der Waals surface area contributed by atoms with Crippen molar-refractivity contribution in [3.8, 4) is 11.6 Å². The first kappa shape index (κ1) is 28.7. The summed E-state index contributed by atoms with van der Waals surface area (Å²) in [4.78, 5) is 8.77. The van der Waals surface area contributed by atoms with Crippen molar-refractivity contribution in [2.45, 2.75) is 43.7 Å². The molecule has 1 aliphatic rings. The third-order valence-electron chi connectivity index (χ3n) is 6.75. The van der Waals surface area contributed by atoms with Crippen LogP contribution in [-0.4, -0.2) is 45.6 Å². The van der Waals surface area contributed by atoms with Crippen LogP contribution < -0.4 is 19.5 Å². The van der Waals surface area contributed by atoms with E-state index in [2.05, 4.69) is 24.4 Å². The predicted molar refractivity (Wildman–Crippen MR) is 157 cm³/mol. The number of aliphatic hydroxyl groups excluding tert-OH is 1. The van der Waals surface area contributed by atoms with Gasteiger partial charge in [0.15, 0.2) is 0 Å². The third kappa shape index (κ3) is 7.10. The van der Waals surface area contributed by atoms with Gasteiger partial charge in [-0.3, -0.25) is 4.98 Å². The van der Waals surface area contributed by atoms with Crippen LogP contribution in [0.25, 0.3) is 10.9 Å². The monoisotopic (exact) mass is 579 g/mol. The minimum absolute atomic E-state index is 0.103. The Morgan fingerprint density at radius 3 is 2.51 bits per heavy atom. The number of pyridine rings is 2. The number of halogens is 1. The molecule has 5 rings (SSSR count). The van der Waals surface area contributed by atoms with Crippen LogP contribution in [0, 0.1) is 11.9 Å². The molecular formula is C30H34FN5O4S. The van der Waals surface area contributed by atoms with Crippen molar-refractivity contribution >= 4 is 32.2 Å². The van der Waals surface area contributed by atoms with Gasteiger partial charge in [-0.2, -0.15) is 9.37 Å². The summed E-state index contributed by atoms with van der Waals surface area (Å²) < 4.78 is 47.2. The largest absolute Gasteiger partial charge is 0.497 e. The molecule has 0 aliphatic heterocycles. The number of methoxy groups -OCH3 is 1. The van der Waals surface area contributed by atoms with E-state index in [0.717, 1.165) is 24.2 Å². The van der Waals surface area contributed by atoms with Crippen molar-refractivity contribution in [3.05, 3.63) is 78.4 Å². The first-order valence-corrected chi connectivity index (χ1v) is 15.0. The zero-order valence-electron chi connectivity index (χ0n) is 23.2. The van der Waals surface area contributed by atoms with E-state index < -0.39 is 28.0 Å². The van der Waals surface area contributed by atoms with Gasteiger partial charge in [-0.1, -0.05) is 12.1 Å². The Bertz CT molecular complexity index is 1620. The Kier molecular flexibility index (Phi) is 8.67. The Labute approximate surface area is 239 Å². The molecule has 3 atom stereocenters. The van der Waals surface area contributed by atoms with Crippen molar-refractivity contribution in [3.63, 3.8) is 0 Å². The minimum atomic E-state index is -3.10. The molecule has 2 heterocycles. The number of nitrogens with zero attached hydrogens (tertiary/aromatic N) is 3. The van der Waals surface area contributed by atoms with E-state index in [4.69, 9.17) is 9.47 Å². The summed E-state index contributed by atoms with van der Waals surface area (Å²) in [7, 11) is -1.50. The topological polar surface area (TPSA) is 118 Å². The lowest BCUT2D eigenvalue weighted by Gasteiger charge is -2.17. The maximum Gasteiger partial charge on any atom is 0.243 e. The summed E-state index contributed by atoms with van der Waals surface area (Å²) >= 11 is 0. The predicted octanol–water partition coefficient (Wildman–Crippen LogP) is 5.78. The molecule has 0 radical (unpaired) electrons. The van der Waals surface area contributed by atoms with Gasteiger partial charge in [0, 0.05) is 35.6 Å². The van der Waals surface area contributed by atoms with E-state index in [9.17, 15) is 13.7 Å². The lowest BCUT2D eigenvalue weighted by atomic mass is 10.1. The zero-order valence-corrected chi connectivity index (χ0v) is 24.0. The normalized spacial score (nSPS) is 16.0. The Morgan fingerprint density at radius 1 is 1.12 bits per heavy atom. The highest BCUT2D eigenvalue weighted by atomic mass is 32.2. The Balaban J connectivity index is 1.41. The first-order valence-electron chi connectivity index (χ1n) is 13.5. The maximum absolute atomic E-state index is 14.4. The van der Waals surface area contributed by atoms with E-state index in [-0.39, 0.29) is 12.4 Å². The molecule has 0 amide bonds. The molecule has 216 valence electrons. The average Bonchev–Trinajstić information content (AvgIpc) is 3.80. The van der Waals surface area contributed by atoms with E-state index in [1.165, 1.54) is 6.07 Å². The third-order valence-corrected chi connectivity index (χ3v) is 8.83. The number of benzene rings is 2. The molecule has 0 bridgehead atoms. The number of nitrogens with one attached hydrogen (secondary N) is 2. The highest BCUT2D eigenvalue weighted by Gasteiger charge is 2.23. The number of fused-ring (bicyclic) bond motifs is 1. The van der Waals surface area contributed by atoms with Gasteiger partial charge in [-0.15, -0.1) is 0 Å². The summed E-state index contributed by atoms with van der Waals surface area (Å²) in [5.41, 5.74) is 2.68. The maximum atomic E-state index is 14.4. The summed E-state index contributed by atoms with van der Waals surface area (Å²) in [5.74, 6) is 0.750. The SMILES string of the molecule is COc1ccc([C@@H](C)N=S(=O)(NC[C@@H](C)O)c2ccc(Nc3ccnc4c(OCC5CC5)nc(F)cc34)cc2)cc1. The number of ether oxygens (including phenoxy) is 2. The molecule has 1 aliphatic carbocycles. The standard InChI is InChI=1S/C30H34FN5O4S/c1-19(37)17-33-41(38,36-20(2)22-6-10-24(39-3)11-7-22)25-12-8-23(9-13-25)34-27-14-15-32-29-26(27)16-28(31)35-30(29)40-18-21-4-5-21/h6-16,19-21,37H,4-5,17-18H2,1-3H3,(H,32,34)(H,33,36,38)/t19-,20-,41?/m1/s1. The van der Waals surface area contributed by atoms with E-state index >= 15 is 0 Å². The van der Waals surface area contributed by atoms with Gasteiger partial charge in [0.05, 0.1) is 30.8 Å². The molecule has 1 saturated carbocycles. The van der Waals surface area contributed by atoms with Crippen molar-refractivity contribution in [1.29, 1.82) is 0 Å². The lowest BCUT2D eigenvalue weighted by molar-refractivity contribution is 0.199. The molecule has 4 aromatic rings. The molecule has 1 unspecified atom stereocenters. The molecule has 41 heavy (non-hydrogen) atoms. The van der Waals surface area contributed by atoms with Crippen LogP contribution in [0.5, 0.6) is 11.6 Å². The molecular weight excluding hydrogens is 545 g/mol. The number of aromatic nitrogens is 2. The molecule has 2 aromatic heterocycles. The molecule has 1 fully saturated rings. The highest BCUT2D eigenvalue weighted by Crippen LogP contribution is 2.33. The van der Waals surface area contributed by atoms with Crippen LogP contribution >= 0.6 is 0 Å². The zero-order chi connectivity index (χ0) is 29.0. The van der Waals surface area contributed by atoms with Gasteiger partial charge in [0.25, 0.3) is 0 Å².